The van der Waals surface area contributed by atoms with Gasteiger partial charge in [0.15, 0.2) is 0 Å². The van der Waals surface area contributed by atoms with Gasteiger partial charge in [-0.25, -0.2) is 4.98 Å². The topological polar surface area (TPSA) is 80.1 Å². The zero-order valence-electron chi connectivity index (χ0n) is 11.3. The van der Waals surface area contributed by atoms with Gasteiger partial charge in [-0.05, 0) is 6.42 Å². The summed E-state index contributed by atoms with van der Waals surface area (Å²) in [4.78, 5) is 29.8. The van der Waals surface area contributed by atoms with E-state index in [0.29, 0.717) is 25.9 Å². The Labute approximate surface area is 112 Å². The maximum absolute atomic E-state index is 12.4. The number of aromatic nitrogens is 3. The van der Waals surface area contributed by atoms with Crippen molar-refractivity contribution in [2.24, 2.45) is 7.05 Å². The minimum Gasteiger partial charge on any atom is -0.344 e. The Balaban J connectivity index is 2.12. The van der Waals surface area contributed by atoms with Crippen LogP contribution in [-0.4, -0.2) is 44.1 Å². The first kappa shape index (κ1) is 13.5. The lowest BCUT2D eigenvalue weighted by Crippen LogP contribution is -2.44. The number of rotatable bonds is 4. The summed E-state index contributed by atoms with van der Waals surface area (Å²) in [6, 6.07) is -0.409. The molecule has 1 N–H and O–H groups in total. The van der Waals surface area contributed by atoms with Crippen molar-refractivity contribution < 1.29 is 9.59 Å². The van der Waals surface area contributed by atoms with E-state index < -0.39 is 6.04 Å². The summed E-state index contributed by atoms with van der Waals surface area (Å²) in [5.74, 6) is 0.626. The van der Waals surface area contributed by atoms with Gasteiger partial charge in [0.1, 0.15) is 18.2 Å². The molecule has 0 bridgehead atoms. The SMILES string of the molecule is CCCC1NC(=O)CCN(Cc2ncnn2C)C1=O. The number of hydrogen-bond donors (Lipinski definition) is 1. The van der Waals surface area contributed by atoms with Crippen LogP contribution >= 0.6 is 0 Å². The predicted molar refractivity (Wildman–Crippen MR) is 67.9 cm³/mol. The second-order valence-corrected chi connectivity index (χ2v) is 4.72. The first-order valence-corrected chi connectivity index (χ1v) is 6.52. The Morgan fingerprint density at radius 1 is 1.47 bits per heavy atom. The number of nitrogens with zero attached hydrogens (tertiary/aromatic N) is 4. The fourth-order valence-corrected chi connectivity index (χ4v) is 2.17. The maximum atomic E-state index is 12.4. The van der Waals surface area contributed by atoms with Gasteiger partial charge in [0, 0.05) is 20.0 Å². The van der Waals surface area contributed by atoms with Crippen LogP contribution in [0.2, 0.25) is 0 Å². The summed E-state index contributed by atoms with van der Waals surface area (Å²) in [6.45, 7) is 2.82. The molecule has 1 saturated heterocycles. The van der Waals surface area contributed by atoms with E-state index in [1.807, 2.05) is 6.92 Å². The van der Waals surface area contributed by atoms with E-state index in [2.05, 4.69) is 15.4 Å². The average Bonchev–Trinajstić information content (AvgIpc) is 2.73. The molecule has 0 aromatic carbocycles. The standard InChI is InChI=1S/C12H19N5O2/c1-3-4-9-12(19)17(6-5-11(18)15-9)7-10-13-8-14-16(10)2/h8-9H,3-7H2,1-2H3,(H,15,18). The van der Waals surface area contributed by atoms with Gasteiger partial charge in [-0.2, -0.15) is 5.10 Å². The van der Waals surface area contributed by atoms with E-state index in [1.165, 1.54) is 6.33 Å². The molecule has 0 saturated carbocycles. The third kappa shape index (κ3) is 3.10. The summed E-state index contributed by atoms with van der Waals surface area (Å²) in [7, 11) is 1.79. The number of carbonyl (C=O) groups is 2. The van der Waals surface area contributed by atoms with Gasteiger partial charge < -0.3 is 10.2 Å². The molecule has 1 aliphatic heterocycles. The maximum Gasteiger partial charge on any atom is 0.245 e. The van der Waals surface area contributed by atoms with E-state index in [9.17, 15) is 9.59 Å². The number of hydrogen-bond acceptors (Lipinski definition) is 4. The lowest BCUT2D eigenvalue weighted by atomic mass is 10.1. The van der Waals surface area contributed by atoms with Crippen LogP contribution in [-0.2, 0) is 23.2 Å². The van der Waals surface area contributed by atoms with Crippen LogP contribution in [0.3, 0.4) is 0 Å². The summed E-state index contributed by atoms with van der Waals surface area (Å²) >= 11 is 0. The molecule has 19 heavy (non-hydrogen) atoms. The lowest BCUT2D eigenvalue weighted by molar-refractivity contribution is -0.134. The Morgan fingerprint density at radius 3 is 2.89 bits per heavy atom. The van der Waals surface area contributed by atoms with Crippen molar-refractivity contribution in [1.29, 1.82) is 0 Å². The van der Waals surface area contributed by atoms with E-state index in [1.54, 1.807) is 16.6 Å². The van der Waals surface area contributed by atoms with Crippen molar-refractivity contribution in [2.75, 3.05) is 6.54 Å². The molecule has 1 unspecified atom stereocenters. The monoisotopic (exact) mass is 265 g/mol. The highest BCUT2D eigenvalue weighted by atomic mass is 16.2. The van der Waals surface area contributed by atoms with Crippen molar-refractivity contribution in [3.8, 4) is 0 Å². The van der Waals surface area contributed by atoms with Crippen LogP contribution in [0.15, 0.2) is 6.33 Å². The number of carbonyl (C=O) groups excluding carboxylic acids is 2. The molecular formula is C12H19N5O2. The smallest absolute Gasteiger partial charge is 0.245 e. The first-order chi connectivity index (χ1) is 9.11. The van der Waals surface area contributed by atoms with Gasteiger partial charge in [-0.3, -0.25) is 14.3 Å². The third-order valence-electron chi connectivity index (χ3n) is 3.27. The van der Waals surface area contributed by atoms with Crippen LogP contribution in [0, 0.1) is 0 Å². The number of aryl methyl sites for hydroxylation is 1. The molecule has 2 rings (SSSR count). The zero-order valence-corrected chi connectivity index (χ0v) is 11.3. The molecule has 1 aliphatic rings. The molecule has 1 aromatic heterocycles. The molecule has 2 amide bonds. The molecule has 1 aromatic rings. The molecule has 7 nitrogen and oxygen atoms in total. The van der Waals surface area contributed by atoms with Crippen LogP contribution in [0.4, 0.5) is 0 Å². The quantitative estimate of drug-likeness (QED) is 0.820. The largest absolute Gasteiger partial charge is 0.344 e. The van der Waals surface area contributed by atoms with Gasteiger partial charge in [0.25, 0.3) is 0 Å². The van der Waals surface area contributed by atoms with Crippen molar-refractivity contribution >= 4 is 11.8 Å². The third-order valence-corrected chi connectivity index (χ3v) is 3.27. The van der Waals surface area contributed by atoms with Crippen molar-refractivity contribution in [3.05, 3.63) is 12.2 Å². The number of amides is 2. The highest BCUT2D eigenvalue weighted by molar-refractivity contribution is 5.89. The summed E-state index contributed by atoms with van der Waals surface area (Å²) < 4.78 is 1.64. The Morgan fingerprint density at radius 2 is 2.26 bits per heavy atom. The Bertz CT molecular complexity index is 470. The minimum atomic E-state index is -0.409. The summed E-state index contributed by atoms with van der Waals surface area (Å²) in [5, 5.41) is 6.77. The van der Waals surface area contributed by atoms with Crippen molar-refractivity contribution in [1.82, 2.24) is 25.0 Å². The zero-order chi connectivity index (χ0) is 13.8. The molecule has 7 heteroatoms. The molecule has 2 heterocycles. The molecule has 0 radical (unpaired) electrons. The lowest BCUT2D eigenvalue weighted by Gasteiger charge is -2.23. The highest BCUT2D eigenvalue weighted by Gasteiger charge is 2.29. The van der Waals surface area contributed by atoms with Gasteiger partial charge in [-0.1, -0.05) is 13.3 Å². The molecule has 0 aliphatic carbocycles. The molecular weight excluding hydrogens is 246 g/mol. The van der Waals surface area contributed by atoms with Crippen molar-refractivity contribution in [3.63, 3.8) is 0 Å². The van der Waals surface area contributed by atoms with Gasteiger partial charge in [0.05, 0.1) is 6.54 Å². The molecule has 1 atom stereocenters. The fourth-order valence-electron chi connectivity index (χ4n) is 2.17. The summed E-state index contributed by atoms with van der Waals surface area (Å²) in [5.41, 5.74) is 0. The molecule has 1 fully saturated rings. The predicted octanol–water partition coefficient (Wildman–Crippen LogP) is -0.168. The fraction of sp³-hybridized carbons (Fsp3) is 0.667. The van der Waals surface area contributed by atoms with Gasteiger partial charge in [0.2, 0.25) is 11.8 Å². The molecule has 0 spiro atoms. The second-order valence-electron chi connectivity index (χ2n) is 4.72. The van der Waals surface area contributed by atoms with Crippen molar-refractivity contribution in [2.45, 2.75) is 38.8 Å². The van der Waals surface area contributed by atoms with Gasteiger partial charge >= 0.3 is 0 Å². The second kappa shape index (κ2) is 5.81. The van der Waals surface area contributed by atoms with Crippen LogP contribution in [0.25, 0.3) is 0 Å². The van der Waals surface area contributed by atoms with Crippen LogP contribution in [0.1, 0.15) is 32.0 Å². The minimum absolute atomic E-state index is 0.0318. The highest BCUT2D eigenvalue weighted by Crippen LogP contribution is 2.11. The normalized spacial score (nSPS) is 20.3. The first-order valence-electron chi connectivity index (χ1n) is 6.52. The average molecular weight is 265 g/mol. The van der Waals surface area contributed by atoms with E-state index in [-0.39, 0.29) is 11.8 Å². The number of nitrogens with one attached hydrogen (secondary N) is 1. The van der Waals surface area contributed by atoms with Crippen LogP contribution in [0.5, 0.6) is 0 Å². The Kier molecular flexibility index (Phi) is 4.13. The van der Waals surface area contributed by atoms with Crippen LogP contribution < -0.4 is 5.32 Å². The van der Waals surface area contributed by atoms with E-state index in [0.717, 1.165) is 12.2 Å². The Hall–Kier alpha value is -1.92. The van der Waals surface area contributed by atoms with Gasteiger partial charge in [-0.15, -0.1) is 0 Å². The van der Waals surface area contributed by atoms with E-state index >= 15 is 0 Å². The molecule has 104 valence electrons. The summed E-state index contributed by atoms with van der Waals surface area (Å²) in [6.07, 6.45) is 3.32. The van der Waals surface area contributed by atoms with E-state index in [4.69, 9.17) is 0 Å².